The summed E-state index contributed by atoms with van der Waals surface area (Å²) in [5, 5.41) is 6.59. The first kappa shape index (κ1) is 26.7. The zero-order valence-electron chi connectivity index (χ0n) is 18.6. The molecule has 0 spiro atoms. The molecule has 1 aromatic carbocycles. The highest BCUT2D eigenvalue weighted by molar-refractivity contribution is 14.0. The Labute approximate surface area is 205 Å². The van der Waals surface area contributed by atoms with Gasteiger partial charge in [0.05, 0.1) is 13.2 Å². The van der Waals surface area contributed by atoms with Gasteiger partial charge in [-0.1, -0.05) is 0 Å². The van der Waals surface area contributed by atoms with Crippen molar-refractivity contribution < 1.29 is 27.7 Å². The summed E-state index contributed by atoms with van der Waals surface area (Å²) in [6, 6.07) is 3.07. The maximum atomic E-state index is 12.8. The third-order valence-electron chi connectivity index (χ3n) is 5.40. The molecule has 1 saturated heterocycles. The topological polar surface area (TPSA) is 76.6 Å². The minimum absolute atomic E-state index is 0. The predicted molar refractivity (Wildman–Crippen MR) is 128 cm³/mol. The molecule has 0 aliphatic carbocycles. The van der Waals surface area contributed by atoms with Gasteiger partial charge < -0.3 is 34.5 Å². The van der Waals surface area contributed by atoms with Crippen LogP contribution in [0.1, 0.15) is 25.3 Å². The second kappa shape index (κ2) is 13.8. The lowest BCUT2D eigenvalue weighted by molar-refractivity contribution is -0.0505. The van der Waals surface area contributed by atoms with Gasteiger partial charge in [-0.25, -0.2) is 4.99 Å². The number of alkyl halides is 2. The van der Waals surface area contributed by atoms with Crippen LogP contribution >= 0.6 is 24.0 Å². The van der Waals surface area contributed by atoms with Crippen molar-refractivity contribution in [3.8, 4) is 17.2 Å². The van der Waals surface area contributed by atoms with Crippen LogP contribution in [-0.4, -0.2) is 70.7 Å². The molecule has 2 aliphatic heterocycles. The largest absolute Gasteiger partial charge is 0.454 e. The molecule has 3 rings (SSSR count). The Morgan fingerprint density at radius 3 is 2.59 bits per heavy atom. The van der Waals surface area contributed by atoms with Crippen molar-refractivity contribution in [2.45, 2.75) is 32.9 Å². The number of rotatable bonds is 10. The van der Waals surface area contributed by atoms with E-state index in [1.165, 1.54) is 6.07 Å². The summed E-state index contributed by atoms with van der Waals surface area (Å²) < 4.78 is 46.1. The van der Waals surface area contributed by atoms with Gasteiger partial charge in [0.25, 0.3) is 0 Å². The normalized spacial score (nSPS) is 16.7. The Kier molecular flexibility index (Phi) is 11.5. The van der Waals surface area contributed by atoms with E-state index in [0.717, 1.165) is 45.6 Å². The first-order chi connectivity index (χ1) is 15.1. The van der Waals surface area contributed by atoms with Crippen LogP contribution in [0.15, 0.2) is 17.1 Å². The number of aliphatic imine (C=N–C) groups is 1. The lowest BCUT2D eigenvalue weighted by atomic mass is 9.97. The number of nitrogens with zero attached hydrogens (tertiary/aromatic N) is 2. The number of piperidine rings is 1. The van der Waals surface area contributed by atoms with E-state index in [-0.39, 0.29) is 43.1 Å². The SMILES string of the molecule is CCNC(=NCc1cc2c(cc1OC(F)F)OCO2)NCC1CCN(CCOC)CC1.I. The monoisotopic (exact) mass is 570 g/mol. The minimum Gasteiger partial charge on any atom is -0.454 e. The fourth-order valence-corrected chi connectivity index (χ4v) is 3.68. The molecule has 32 heavy (non-hydrogen) atoms. The van der Waals surface area contributed by atoms with E-state index >= 15 is 0 Å². The minimum atomic E-state index is -2.93. The van der Waals surface area contributed by atoms with E-state index in [1.54, 1.807) is 13.2 Å². The van der Waals surface area contributed by atoms with Gasteiger partial charge in [-0.05, 0) is 44.8 Å². The van der Waals surface area contributed by atoms with Crippen molar-refractivity contribution in [2.24, 2.45) is 10.9 Å². The summed E-state index contributed by atoms with van der Waals surface area (Å²) in [7, 11) is 1.73. The number of fused-ring (bicyclic) bond motifs is 1. The zero-order chi connectivity index (χ0) is 22.1. The average Bonchev–Trinajstić information content (AvgIpc) is 3.21. The van der Waals surface area contributed by atoms with Gasteiger partial charge in [-0.2, -0.15) is 8.78 Å². The standard InChI is InChI=1S/C21H32F2N4O4.HI/c1-3-24-21(25-12-15-4-6-27(7-5-15)8-9-28-2)26-13-16-10-18-19(30-14-29-18)11-17(16)31-20(22)23;/h10-11,15,20H,3-9,12-14H2,1-2H3,(H2,24,25,26);1H. The molecule has 0 unspecified atom stereocenters. The third kappa shape index (κ3) is 8.07. The van der Waals surface area contributed by atoms with Gasteiger partial charge in [0.1, 0.15) is 5.75 Å². The molecular weight excluding hydrogens is 537 g/mol. The van der Waals surface area contributed by atoms with Crippen LogP contribution in [0.4, 0.5) is 8.78 Å². The highest BCUT2D eigenvalue weighted by Gasteiger charge is 2.21. The van der Waals surface area contributed by atoms with Gasteiger partial charge in [0.2, 0.25) is 6.79 Å². The molecule has 0 radical (unpaired) electrons. The number of likely N-dealkylation sites (tertiary alicyclic amines) is 1. The van der Waals surface area contributed by atoms with Crippen molar-refractivity contribution in [1.29, 1.82) is 0 Å². The molecule has 2 N–H and O–H groups in total. The first-order valence-corrected chi connectivity index (χ1v) is 10.7. The summed E-state index contributed by atoms with van der Waals surface area (Å²) in [4.78, 5) is 6.98. The van der Waals surface area contributed by atoms with Gasteiger partial charge in [-0.3, -0.25) is 0 Å². The van der Waals surface area contributed by atoms with E-state index in [0.29, 0.717) is 35.5 Å². The van der Waals surface area contributed by atoms with Crippen molar-refractivity contribution >= 4 is 29.9 Å². The molecule has 0 bridgehead atoms. The third-order valence-corrected chi connectivity index (χ3v) is 5.40. The van der Waals surface area contributed by atoms with Gasteiger partial charge in [0.15, 0.2) is 17.5 Å². The summed E-state index contributed by atoms with van der Waals surface area (Å²) >= 11 is 0. The Morgan fingerprint density at radius 1 is 1.22 bits per heavy atom. The molecule has 8 nitrogen and oxygen atoms in total. The van der Waals surface area contributed by atoms with Crippen molar-refractivity contribution in [3.63, 3.8) is 0 Å². The maximum Gasteiger partial charge on any atom is 0.387 e. The van der Waals surface area contributed by atoms with Crippen molar-refractivity contribution in [3.05, 3.63) is 17.7 Å². The molecular formula is C21H33F2IN4O4. The molecule has 0 amide bonds. The van der Waals surface area contributed by atoms with E-state index in [2.05, 4.69) is 25.3 Å². The molecule has 11 heteroatoms. The number of methoxy groups -OCH3 is 1. The van der Waals surface area contributed by atoms with Crippen molar-refractivity contribution in [2.75, 3.05) is 53.2 Å². The molecule has 1 fully saturated rings. The molecule has 0 atom stereocenters. The number of nitrogens with one attached hydrogen (secondary N) is 2. The van der Waals surface area contributed by atoms with E-state index in [1.807, 2.05) is 6.92 Å². The van der Waals surface area contributed by atoms with Crippen LogP contribution in [0.2, 0.25) is 0 Å². The number of hydrogen-bond acceptors (Lipinski definition) is 6. The zero-order valence-corrected chi connectivity index (χ0v) is 20.9. The van der Waals surface area contributed by atoms with Crippen LogP contribution in [-0.2, 0) is 11.3 Å². The Morgan fingerprint density at radius 2 is 1.94 bits per heavy atom. The number of ether oxygens (including phenoxy) is 4. The summed E-state index contributed by atoms with van der Waals surface area (Å²) in [6.07, 6.45) is 2.23. The molecule has 182 valence electrons. The van der Waals surface area contributed by atoms with Crippen molar-refractivity contribution in [1.82, 2.24) is 15.5 Å². The molecule has 1 aromatic rings. The number of benzene rings is 1. The highest BCUT2D eigenvalue weighted by atomic mass is 127. The second-order valence-electron chi connectivity index (χ2n) is 7.55. The Hall–Kier alpha value is -1.60. The van der Waals surface area contributed by atoms with Crippen LogP contribution in [0.3, 0.4) is 0 Å². The molecule has 0 aromatic heterocycles. The predicted octanol–water partition coefficient (Wildman–Crippen LogP) is 3.05. The molecule has 2 aliphatic rings. The summed E-state index contributed by atoms with van der Waals surface area (Å²) in [5.74, 6) is 2.15. The fourth-order valence-electron chi connectivity index (χ4n) is 3.68. The summed E-state index contributed by atoms with van der Waals surface area (Å²) in [5.41, 5.74) is 0.508. The van der Waals surface area contributed by atoms with E-state index in [9.17, 15) is 8.78 Å². The molecule has 2 heterocycles. The van der Waals surface area contributed by atoms with E-state index in [4.69, 9.17) is 14.2 Å². The van der Waals surface area contributed by atoms with Gasteiger partial charge in [-0.15, -0.1) is 24.0 Å². The Balaban J connectivity index is 0.00000363. The maximum absolute atomic E-state index is 12.8. The average molecular weight is 570 g/mol. The number of halogens is 3. The van der Waals surface area contributed by atoms with Crippen LogP contribution < -0.4 is 24.8 Å². The van der Waals surface area contributed by atoms with E-state index < -0.39 is 6.61 Å². The summed E-state index contributed by atoms with van der Waals surface area (Å²) in [6.45, 7) is 4.66. The van der Waals surface area contributed by atoms with Crippen LogP contribution in [0.5, 0.6) is 17.2 Å². The second-order valence-corrected chi connectivity index (χ2v) is 7.55. The van der Waals surface area contributed by atoms with Gasteiger partial charge in [0, 0.05) is 38.4 Å². The first-order valence-electron chi connectivity index (χ1n) is 10.7. The quantitative estimate of drug-likeness (QED) is 0.255. The fraction of sp³-hybridized carbons (Fsp3) is 0.667. The highest BCUT2D eigenvalue weighted by Crippen LogP contribution is 2.39. The van der Waals surface area contributed by atoms with Crippen LogP contribution in [0.25, 0.3) is 0 Å². The number of hydrogen-bond donors (Lipinski definition) is 2. The number of guanidine groups is 1. The lowest BCUT2D eigenvalue weighted by Crippen LogP contribution is -2.43. The van der Waals surface area contributed by atoms with Gasteiger partial charge >= 0.3 is 6.61 Å². The Bertz CT molecular complexity index is 734. The lowest BCUT2D eigenvalue weighted by Gasteiger charge is -2.32. The molecule has 0 saturated carbocycles. The smallest absolute Gasteiger partial charge is 0.387 e. The van der Waals surface area contributed by atoms with Crippen LogP contribution in [0, 0.1) is 5.92 Å².